The maximum absolute atomic E-state index is 5.70. The van der Waals surface area contributed by atoms with Gasteiger partial charge in [-0.25, -0.2) is 9.97 Å². The van der Waals surface area contributed by atoms with Crippen LogP contribution in [0.2, 0.25) is 5.15 Å². The normalized spacial score (nSPS) is 10.4. The summed E-state index contributed by atoms with van der Waals surface area (Å²) in [5.74, 6) is 0.771. The van der Waals surface area contributed by atoms with E-state index in [4.69, 9.17) is 11.6 Å². The topological polar surface area (TPSA) is 51.6 Å². The molecule has 0 radical (unpaired) electrons. The van der Waals surface area contributed by atoms with Gasteiger partial charge in [-0.2, -0.15) is 4.37 Å². The van der Waals surface area contributed by atoms with Crippen molar-refractivity contribution in [2.75, 3.05) is 0 Å². The highest BCUT2D eigenvalue weighted by Gasteiger charge is 2.04. The molecule has 2 aromatic rings. The van der Waals surface area contributed by atoms with Gasteiger partial charge in [0.05, 0.1) is 12.4 Å². The van der Waals surface area contributed by atoms with Crippen LogP contribution in [0.5, 0.6) is 0 Å². The molecule has 0 N–H and O–H groups in total. The molecule has 2 aromatic heterocycles. The van der Waals surface area contributed by atoms with E-state index in [1.807, 2.05) is 6.92 Å². The predicted octanol–water partition coefficient (Wildman–Crippen LogP) is 2.44. The fraction of sp³-hybridized carbons (Fsp3) is 0.143. The summed E-state index contributed by atoms with van der Waals surface area (Å²) < 4.78 is 4.91. The number of halogens is 1. The van der Waals surface area contributed by atoms with E-state index in [0.717, 1.165) is 15.2 Å². The van der Waals surface area contributed by atoms with E-state index in [-0.39, 0.29) is 0 Å². The van der Waals surface area contributed by atoms with Crippen LogP contribution in [0.15, 0.2) is 21.8 Å². The second-order valence-electron chi connectivity index (χ2n) is 2.39. The van der Waals surface area contributed by atoms with Gasteiger partial charge >= 0.3 is 0 Å². The number of nitrogens with zero attached hydrogens (tertiary/aromatic N) is 4. The maximum Gasteiger partial charge on any atom is 0.176 e. The van der Waals surface area contributed by atoms with Crippen molar-refractivity contribution in [3.05, 3.63) is 23.4 Å². The third-order valence-electron chi connectivity index (χ3n) is 1.28. The molecule has 0 spiro atoms. The molecule has 0 amide bonds. The molecule has 7 heteroatoms. The van der Waals surface area contributed by atoms with Crippen LogP contribution in [0.4, 0.5) is 0 Å². The van der Waals surface area contributed by atoms with Crippen molar-refractivity contribution in [3.8, 4) is 0 Å². The SMILES string of the molecule is Cc1nsc(Sc2cncc(Cl)n2)n1. The highest BCUT2D eigenvalue weighted by Crippen LogP contribution is 2.27. The minimum atomic E-state index is 0.385. The van der Waals surface area contributed by atoms with Crippen molar-refractivity contribution in [1.29, 1.82) is 0 Å². The first kappa shape index (κ1) is 9.82. The second kappa shape index (κ2) is 4.20. The molecule has 2 heterocycles. The summed E-state index contributed by atoms with van der Waals surface area (Å²) in [6.07, 6.45) is 3.14. The van der Waals surface area contributed by atoms with Gasteiger partial charge in [-0.05, 0) is 30.2 Å². The first-order valence-corrected chi connectivity index (χ1v) is 5.66. The molecule has 2 rings (SSSR count). The fourth-order valence-electron chi connectivity index (χ4n) is 0.784. The van der Waals surface area contributed by atoms with Gasteiger partial charge in [-0.1, -0.05) is 11.6 Å². The standard InChI is InChI=1S/C7H5ClN4S2/c1-4-10-7(14-12-4)13-6-3-9-2-5(8)11-6/h2-3H,1H3. The Hall–Kier alpha value is -0.720. The van der Waals surface area contributed by atoms with Crippen molar-refractivity contribution >= 4 is 34.9 Å². The lowest BCUT2D eigenvalue weighted by Crippen LogP contribution is -1.82. The molecule has 0 fully saturated rings. The quantitative estimate of drug-likeness (QED) is 0.812. The Morgan fingerprint density at radius 3 is 2.86 bits per heavy atom. The molecule has 0 aliphatic heterocycles. The van der Waals surface area contributed by atoms with Gasteiger partial charge < -0.3 is 0 Å². The predicted molar refractivity (Wildman–Crippen MR) is 55.8 cm³/mol. The summed E-state index contributed by atoms with van der Waals surface area (Å²) in [5.41, 5.74) is 0. The van der Waals surface area contributed by atoms with E-state index in [1.54, 1.807) is 6.20 Å². The summed E-state index contributed by atoms with van der Waals surface area (Å²) in [5, 5.41) is 1.12. The second-order valence-corrected chi connectivity index (χ2v) is 4.80. The zero-order chi connectivity index (χ0) is 9.97. The van der Waals surface area contributed by atoms with Gasteiger partial charge in [0.2, 0.25) is 0 Å². The Morgan fingerprint density at radius 2 is 2.21 bits per heavy atom. The average Bonchev–Trinajstić information content (AvgIpc) is 2.51. The lowest BCUT2D eigenvalue weighted by molar-refractivity contribution is 1.05. The molecule has 0 unspecified atom stereocenters. The fourth-order valence-corrected chi connectivity index (χ4v) is 2.54. The Kier molecular flexibility index (Phi) is 2.95. The van der Waals surface area contributed by atoms with Crippen LogP contribution in [0.25, 0.3) is 0 Å². The smallest absolute Gasteiger partial charge is 0.176 e. The van der Waals surface area contributed by atoms with Crippen molar-refractivity contribution in [3.63, 3.8) is 0 Å². The van der Waals surface area contributed by atoms with E-state index in [0.29, 0.717) is 5.15 Å². The van der Waals surface area contributed by atoms with Gasteiger partial charge in [0, 0.05) is 0 Å². The van der Waals surface area contributed by atoms with Gasteiger partial charge in [-0.15, -0.1) is 0 Å². The van der Waals surface area contributed by atoms with Crippen molar-refractivity contribution in [2.24, 2.45) is 0 Å². The summed E-state index contributed by atoms with van der Waals surface area (Å²) >= 11 is 8.45. The van der Waals surface area contributed by atoms with Crippen LogP contribution < -0.4 is 0 Å². The van der Waals surface area contributed by atoms with E-state index in [1.165, 1.54) is 29.5 Å². The minimum Gasteiger partial charge on any atom is -0.259 e. The average molecular weight is 245 g/mol. The van der Waals surface area contributed by atoms with Gasteiger partial charge in [-0.3, -0.25) is 4.98 Å². The van der Waals surface area contributed by atoms with E-state index >= 15 is 0 Å². The molecule has 0 atom stereocenters. The van der Waals surface area contributed by atoms with Crippen molar-refractivity contribution in [1.82, 2.24) is 19.3 Å². The summed E-state index contributed by atoms with van der Waals surface area (Å²) in [6.45, 7) is 1.85. The lowest BCUT2D eigenvalue weighted by atomic mass is 10.8. The van der Waals surface area contributed by atoms with Crippen LogP contribution in [0, 0.1) is 6.92 Å². The number of aromatic nitrogens is 4. The third kappa shape index (κ3) is 2.40. The molecule has 72 valence electrons. The van der Waals surface area contributed by atoms with Crippen molar-refractivity contribution in [2.45, 2.75) is 16.3 Å². The van der Waals surface area contributed by atoms with Crippen molar-refractivity contribution < 1.29 is 0 Å². The minimum absolute atomic E-state index is 0.385. The lowest BCUT2D eigenvalue weighted by Gasteiger charge is -1.94. The van der Waals surface area contributed by atoms with Gasteiger partial charge in [0.15, 0.2) is 4.34 Å². The first-order chi connectivity index (χ1) is 6.74. The molecule has 0 saturated carbocycles. The van der Waals surface area contributed by atoms with E-state index < -0.39 is 0 Å². The van der Waals surface area contributed by atoms with E-state index in [9.17, 15) is 0 Å². The van der Waals surface area contributed by atoms with Crippen LogP contribution in [0.3, 0.4) is 0 Å². The number of hydrogen-bond donors (Lipinski definition) is 0. The number of hydrogen-bond acceptors (Lipinski definition) is 6. The third-order valence-corrected chi connectivity index (χ3v) is 3.21. The van der Waals surface area contributed by atoms with Gasteiger partial charge in [0.1, 0.15) is 16.0 Å². The molecule has 0 bridgehead atoms. The van der Waals surface area contributed by atoms with Crippen LogP contribution in [-0.2, 0) is 0 Å². The Bertz CT molecular complexity index is 445. The molecule has 14 heavy (non-hydrogen) atoms. The van der Waals surface area contributed by atoms with Gasteiger partial charge in [0.25, 0.3) is 0 Å². The number of aryl methyl sites for hydroxylation is 1. The zero-order valence-electron chi connectivity index (χ0n) is 7.14. The molecule has 4 nitrogen and oxygen atoms in total. The molecular weight excluding hydrogens is 240 g/mol. The maximum atomic E-state index is 5.70. The zero-order valence-corrected chi connectivity index (χ0v) is 9.53. The van der Waals surface area contributed by atoms with Crippen LogP contribution in [-0.4, -0.2) is 19.3 Å². The monoisotopic (exact) mass is 244 g/mol. The molecule has 0 aromatic carbocycles. The van der Waals surface area contributed by atoms with E-state index in [2.05, 4.69) is 19.3 Å². The molecular formula is C7H5ClN4S2. The molecule has 0 saturated heterocycles. The summed E-state index contributed by atoms with van der Waals surface area (Å²) in [6, 6.07) is 0. The van der Waals surface area contributed by atoms with Crippen LogP contribution in [0.1, 0.15) is 5.82 Å². The Labute approximate surface area is 93.9 Å². The number of rotatable bonds is 2. The molecule has 0 aliphatic rings. The summed E-state index contributed by atoms with van der Waals surface area (Å²) in [7, 11) is 0. The Morgan fingerprint density at radius 1 is 1.36 bits per heavy atom. The highest BCUT2D eigenvalue weighted by atomic mass is 35.5. The largest absolute Gasteiger partial charge is 0.259 e. The highest BCUT2D eigenvalue weighted by molar-refractivity contribution is 8.00. The summed E-state index contributed by atoms with van der Waals surface area (Å²) in [4.78, 5) is 12.2. The first-order valence-electron chi connectivity index (χ1n) is 3.70. The van der Waals surface area contributed by atoms with Crippen LogP contribution >= 0.6 is 34.9 Å². The Balaban J connectivity index is 2.18. The molecule has 0 aliphatic carbocycles.